The summed E-state index contributed by atoms with van der Waals surface area (Å²) in [6, 6.07) is 14.4. The van der Waals surface area contributed by atoms with Crippen LogP contribution in [0.1, 0.15) is 33.5 Å². The van der Waals surface area contributed by atoms with E-state index >= 15 is 0 Å². The van der Waals surface area contributed by atoms with Crippen molar-refractivity contribution in [1.82, 2.24) is 0 Å². The number of Topliss-reactive ketones (excluding diaryl/α,β-unsaturated/α-hetero) is 1. The minimum absolute atomic E-state index is 0.123. The van der Waals surface area contributed by atoms with E-state index in [1.165, 1.54) is 11.1 Å². The molecule has 0 radical (unpaired) electrons. The van der Waals surface area contributed by atoms with Crippen molar-refractivity contribution in [2.45, 2.75) is 26.2 Å². The van der Waals surface area contributed by atoms with Gasteiger partial charge in [0.2, 0.25) is 0 Å². The first kappa shape index (κ1) is 13.6. The number of fused-ring (bicyclic) bond motifs is 1. The van der Waals surface area contributed by atoms with E-state index in [0.29, 0.717) is 5.78 Å². The van der Waals surface area contributed by atoms with Crippen LogP contribution in [-0.4, -0.2) is 5.78 Å². The quantitative estimate of drug-likeness (QED) is 0.727. The fourth-order valence-corrected chi connectivity index (χ4v) is 3.36. The van der Waals surface area contributed by atoms with Crippen LogP contribution in [0.15, 0.2) is 46.9 Å². The average molecular weight is 329 g/mol. The Kier molecular flexibility index (Phi) is 3.75. The van der Waals surface area contributed by atoms with Gasteiger partial charge in [-0.05, 0) is 55.0 Å². The largest absolute Gasteiger partial charge is 0.294 e. The van der Waals surface area contributed by atoms with Crippen molar-refractivity contribution < 1.29 is 4.79 Å². The Morgan fingerprint density at radius 3 is 2.70 bits per heavy atom. The van der Waals surface area contributed by atoms with Gasteiger partial charge in [0.25, 0.3) is 0 Å². The molecule has 20 heavy (non-hydrogen) atoms. The Balaban J connectivity index is 1.88. The number of aryl methyl sites for hydroxylation is 2. The number of benzene rings is 2. The van der Waals surface area contributed by atoms with Crippen molar-refractivity contribution >= 4 is 21.7 Å². The summed E-state index contributed by atoms with van der Waals surface area (Å²) in [7, 11) is 0. The molecule has 0 N–H and O–H groups in total. The molecule has 0 bridgehead atoms. The first-order valence-corrected chi connectivity index (χ1v) is 7.81. The smallest absolute Gasteiger partial charge is 0.166 e. The van der Waals surface area contributed by atoms with E-state index < -0.39 is 0 Å². The van der Waals surface area contributed by atoms with Gasteiger partial charge in [0.05, 0.1) is 0 Å². The molecule has 2 heteroatoms. The van der Waals surface area contributed by atoms with Crippen molar-refractivity contribution in [2.24, 2.45) is 5.92 Å². The second-order valence-electron chi connectivity index (χ2n) is 5.53. The second kappa shape index (κ2) is 5.53. The third-order valence-corrected chi connectivity index (χ3v) is 4.68. The van der Waals surface area contributed by atoms with Gasteiger partial charge in [-0.25, -0.2) is 0 Å². The lowest BCUT2D eigenvalue weighted by molar-refractivity contribution is 0.0908. The van der Waals surface area contributed by atoms with Crippen LogP contribution in [0.5, 0.6) is 0 Å². The van der Waals surface area contributed by atoms with Gasteiger partial charge in [-0.1, -0.05) is 46.3 Å². The van der Waals surface area contributed by atoms with Gasteiger partial charge < -0.3 is 0 Å². The number of carbonyl (C=O) groups excluding carboxylic acids is 1. The molecule has 0 aromatic heterocycles. The average Bonchev–Trinajstić information content (AvgIpc) is 2.48. The standard InChI is InChI=1S/C18H17BrO/c1-12-6-9-16(19)11-17(12)18(20)15-8-7-13-4-2-3-5-14(13)10-15/h2-6,9,11,15H,7-8,10H2,1H3. The Morgan fingerprint density at radius 1 is 1.15 bits per heavy atom. The zero-order chi connectivity index (χ0) is 14.1. The molecule has 0 aliphatic heterocycles. The third-order valence-electron chi connectivity index (χ3n) is 4.18. The van der Waals surface area contributed by atoms with Gasteiger partial charge in [0, 0.05) is 16.0 Å². The summed E-state index contributed by atoms with van der Waals surface area (Å²) < 4.78 is 0.975. The maximum absolute atomic E-state index is 12.8. The molecule has 1 nitrogen and oxygen atoms in total. The van der Waals surface area contributed by atoms with Crippen LogP contribution >= 0.6 is 15.9 Å². The van der Waals surface area contributed by atoms with E-state index in [1.54, 1.807) is 0 Å². The molecule has 0 saturated heterocycles. The monoisotopic (exact) mass is 328 g/mol. The summed E-state index contributed by atoms with van der Waals surface area (Å²) in [4.78, 5) is 12.8. The molecule has 0 fully saturated rings. The van der Waals surface area contributed by atoms with E-state index in [4.69, 9.17) is 0 Å². The van der Waals surface area contributed by atoms with E-state index in [1.807, 2.05) is 25.1 Å². The molecule has 1 atom stereocenters. The lowest BCUT2D eigenvalue weighted by Crippen LogP contribution is -2.23. The Labute approximate surface area is 128 Å². The molecule has 2 aromatic carbocycles. The van der Waals surface area contributed by atoms with E-state index in [0.717, 1.165) is 34.9 Å². The van der Waals surface area contributed by atoms with Gasteiger partial charge in [-0.2, -0.15) is 0 Å². The molecule has 0 spiro atoms. The Bertz CT molecular complexity index is 660. The van der Waals surface area contributed by atoms with Crippen LogP contribution in [0.25, 0.3) is 0 Å². The zero-order valence-corrected chi connectivity index (χ0v) is 13.1. The SMILES string of the molecule is Cc1ccc(Br)cc1C(=O)C1CCc2ccccc2C1. The molecule has 2 aromatic rings. The highest BCUT2D eigenvalue weighted by atomic mass is 79.9. The van der Waals surface area contributed by atoms with Crippen molar-refractivity contribution in [3.05, 3.63) is 69.2 Å². The van der Waals surface area contributed by atoms with Crippen molar-refractivity contribution in [3.63, 3.8) is 0 Å². The highest BCUT2D eigenvalue weighted by Gasteiger charge is 2.26. The molecule has 0 saturated carbocycles. The number of hydrogen-bond acceptors (Lipinski definition) is 1. The number of carbonyl (C=O) groups is 1. The topological polar surface area (TPSA) is 17.1 Å². The summed E-state index contributed by atoms with van der Waals surface area (Å²) >= 11 is 3.46. The summed E-state index contributed by atoms with van der Waals surface area (Å²) in [5.41, 5.74) is 4.67. The highest BCUT2D eigenvalue weighted by molar-refractivity contribution is 9.10. The summed E-state index contributed by atoms with van der Waals surface area (Å²) in [6.07, 6.45) is 2.85. The number of halogens is 1. The normalized spacial score (nSPS) is 17.6. The van der Waals surface area contributed by atoms with E-state index in [-0.39, 0.29) is 5.92 Å². The summed E-state index contributed by atoms with van der Waals surface area (Å²) in [5, 5.41) is 0. The van der Waals surface area contributed by atoms with Crippen molar-refractivity contribution in [2.75, 3.05) is 0 Å². The number of ketones is 1. The van der Waals surface area contributed by atoms with Crippen LogP contribution in [-0.2, 0) is 12.8 Å². The first-order valence-electron chi connectivity index (χ1n) is 7.02. The summed E-state index contributed by atoms with van der Waals surface area (Å²) in [6.45, 7) is 2.01. The molecule has 1 aliphatic rings. The van der Waals surface area contributed by atoms with Crippen LogP contribution in [0.3, 0.4) is 0 Å². The van der Waals surface area contributed by atoms with Gasteiger partial charge in [-0.3, -0.25) is 4.79 Å². The minimum Gasteiger partial charge on any atom is -0.294 e. The van der Waals surface area contributed by atoms with Gasteiger partial charge in [0.15, 0.2) is 5.78 Å². The predicted octanol–water partition coefficient (Wildman–Crippen LogP) is 4.75. The molecule has 0 heterocycles. The Morgan fingerprint density at radius 2 is 1.90 bits per heavy atom. The maximum atomic E-state index is 12.8. The molecule has 0 amide bonds. The van der Waals surface area contributed by atoms with Gasteiger partial charge in [-0.15, -0.1) is 0 Å². The lowest BCUT2D eigenvalue weighted by Gasteiger charge is -2.24. The number of rotatable bonds is 2. The van der Waals surface area contributed by atoms with Crippen LogP contribution in [0.2, 0.25) is 0 Å². The summed E-state index contributed by atoms with van der Waals surface area (Å²) in [5.74, 6) is 0.413. The first-order chi connectivity index (χ1) is 9.65. The highest BCUT2D eigenvalue weighted by Crippen LogP contribution is 2.29. The van der Waals surface area contributed by atoms with Gasteiger partial charge >= 0.3 is 0 Å². The maximum Gasteiger partial charge on any atom is 0.166 e. The molecule has 1 aliphatic carbocycles. The van der Waals surface area contributed by atoms with Crippen LogP contribution in [0.4, 0.5) is 0 Å². The Hall–Kier alpha value is -1.41. The molecular formula is C18H17BrO. The second-order valence-corrected chi connectivity index (χ2v) is 6.45. The fourth-order valence-electron chi connectivity index (χ4n) is 3.00. The van der Waals surface area contributed by atoms with E-state index in [2.05, 4.69) is 40.2 Å². The molecule has 3 rings (SSSR count). The third kappa shape index (κ3) is 2.57. The minimum atomic E-state index is 0.123. The van der Waals surface area contributed by atoms with Crippen LogP contribution < -0.4 is 0 Å². The fraction of sp³-hybridized carbons (Fsp3) is 0.278. The lowest BCUT2D eigenvalue weighted by atomic mass is 9.79. The van der Waals surface area contributed by atoms with E-state index in [9.17, 15) is 4.79 Å². The van der Waals surface area contributed by atoms with Crippen LogP contribution in [0, 0.1) is 12.8 Å². The molecular weight excluding hydrogens is 312 g/mol. The number of hydrogen-bond donors (Lipinski definition) is 0. The van der Waals surface area contributed by atoms with Crippen molar-refractivity contribution in [3.8, 4) is 0 Å². The molecule has 1 unspecified atom stereocenters. The zero-order valence-electron chi connectivity index (χ0n) is 11.5. The molecule has 102 valence electrons. The van der Waals surface area contributed by atoms with Crippen molar-refractivity contribution in [1.29, 1.82) is 0 Å². The van der Waals surface area contributed by atoms with Gasteiger partial charge in [0.1, 0.15) is 0 Å². The predicted molar refractivity (Wildman–Crippen MR) is 85.2 cm³/mol.